The van der Waals surface area contributed by atoms with E-state index in [4.69, 9.17) is 0 Å². The van der Waals surface area contributed by atoms with E-state index in [1.165, 1.54) is 5.56 Å². The third kappa shape index (κ3) is 4.78. The molecule has 0 amide bonds. The van der Waals surface area contributed by atoms with Crippen molar-refractivity contribution in [2.24, 2.45) is 0 Å². The molecular formula is C12H22N2S. The maximum absolute atomic E-state index is 3.47. The first-order chi connectivity index (χ1) is 7.24. The van der Waals surface area contributed by atoms with Gasteiger partial charge in [0, 0.05) is 25.7 Å². The van der Waals surface area contributed by atoms with Gasteiger partial charge < -0.3 is 5.32 Å². The average molecular weight is 226 g/mol. The van der Waals surface area contributed by atoms with Gasteiger partial charge in [-0.2, -0.15) is 11.3 Å². The number of rotatable bonds is 7. The Morgan fingerprint density at radius 2 is 2.27 bits per heavy atom. The summed E-state index contributed by atoms with van der Waals surface area (Å²) in [6.07, 6.45) is 0. The van der Waals surface area contributed by atoms with Gasteiger partial charge in [-0.05, 0) is 42.8 Å². The number of hydrogen-bond acceptors (Lipinski definition) is 3. The minimum absolute atomic E-state index is 0.651. The molecule has 0 bridgehead atoms. The summed E-state index contributed by atoms with van der Waals surface area (Å²) < 4.78 is 0. The Labute approximate surface area is 97.3 Å². The molecule has 0 aromatic carbocycles. The molecule has 2 nitrogen and oxygen atoms in total. The second-order valence-corrected chi connectivity index (χ2v) is 4.81. The Bertz CT molecular complexity index is 244. The number of hydrogen-bond donors (Lipinski definition) is 1. The Morgan fingerprint density at radius 3 is 2.80 bits per heavy atom. The van der Waals surface area contributed by atoms with Crippen LogP contribution in [0, 0.1) is 0 Å². The minimum atomic E-state index is 0.651. The summed E-state index contributed by atoms with van der Waals surface area (Å²) in [6, 6.07) is 2.83. The molecule has 15 heavy (non-hydrogen) atoms. The lowest BCUT2D eigenvalue weighted by molar-refractivity contribution is 0.233. The molecular weight excluding hydrogens is 204 g/mol. The van der Waals surface area contributed by atoms with E-state index < -0.39 is 0 Å². The maximum Gasteiger partial charge on any atom is 0.0214 e. The number of nitrogens with zero attached hydrogens (tertiary/aromatic N) is 1. The van der Waals surface area contributed by atoms with Gasteiger partial charge in [0.25, 0.3) is 0 Å². The van der Waals surface area contributed by atoms with Crippen molar-refractivity contribution >= 4 is 11.3 Å². The van der Waals surface area contributed by atoms with E-state index in [-0.39, 0.29) is 0 Å². The molecule has 0 aliphatic heterocycles. The van der Waals surface area contributed by atoms with Gasteiger partial charge in [0.15, 0.2) is 0 Å². The molecule has 0 spiro atoms. The molecule has 0 saturated heterocycles. The fraction of sp³-hybridized carbons (Fsp3) is 0.667. The molecule has 0 saturated carbocycles. The molecule has 86 valence electrons. The van der Waals surface area contributed by atoms with E-state index in [1.54, 1.807) is 11.3 Å². The lowest BCUT2D eigenvalue weighted by atomic mass is 10.3. The summed E-state index contributed by atoms with van der Waals surface area (Å²) in [6.45, 7) is 11.1. The summed E-state index contributed by atoms with van der Waals surface area (Å²) >= 11 is 1.76. The Balaban J connectivity index is 2.10. The molecule has 1 heterocycles. The summed E-state index contributed by atoms with van der Waals surface area (Å²) in [7, 11) is 0. The molecule has 1 aromatic heterocycles. The summed E-state index contributed by atoms with van der Waals surface area (Å²) in [5.41, 5.74) is 1.40. The van der Waals surface area contributed by atoms with E-state index in [1.807, 2.05) is 0 Å². The fourth-order valence-electron chi connectivity index (χ4n) is 1.63. The molecule has 0 radical (unpaired) electrons. The molecule has 0 aliphatic carbocycles. The van der Waals surface area contributed by atoms with Crippen LogP contribution in [-0.4, -0.2) is 30.6 Å². The molecule has 0 aliphatic rings. The zero-order chi connectivity index (χ0) is 11.1. The first-order valence-electron chi connectivity index (χ1n) is 5.70. The summed E-state index contributed by atoms with van der Waals surface area (Å²) in [5.74, 6) is 0. The topological polar surface area (TPSA) is 15.3 Å². The smallest absolute Gasteiger partial charge is 0.0214 e. The second-order valence-electron chi connectivity index (χ2n) is 4.03. The highest BCUT2D eigenvalue weighted by Crippen LogP contribution is 2.04. The van der Waals surface area contributed by atoms with Crippen molar-refractivity contribution in [1.29, 1.82) is 0 Å². The monoisotopic (exact) mass is 226 g/mol. The SMILES string of the molecule is CCN(CCNCc1ccsc1)C(C)C. The van der Waals surface area contributed by atoms with Crippen molar-refractivity contribution < 1.29 is 0 Å². The van der Waals surface area contributed by atoms with Gasteiger partial charge in [0.1, 0.15) is 0 Å². The van der Waals surface area contributed by atoms with Gasteiger partial charge >= 0.3 is 0 Å². The van der Waals surface area contributed by atoms with Crippen molar-refractivity contribution in [1.82, 2.24) is 10.2 Å². The molecule has 1 aromatic rings. The maximum atomic E-state index is 3.47. The number of likely N-dealkylation sites (N-methyl/N-ethyl adjacent to an activating group) is 1. The highest BCUT2D eigenvalue weighted by Gasteiger charge is 2.05. The Hall–Kier alpha value is -0.380. The first kappa shape index (κ1) is 12.7. The largest absolute Gasteiger partial charge is 0.311 e. The quantitative estimate of drug-likeness (QED) is 0.719. The number of thiophene rings is 1. The fourth-order valence-corrected chi connectivity index (χ4v) is 2.30. The standard InChI is InChI=1S/C12H22N2S/c1-4-14(11(2)3)7-6-13-9-12-5-8-15-10-12/h5,8,10-11,13H,4,6-7,9H2,1-3H3. The van der Waals surface area contributed by atoms with E-state index in [9.17, 15) is 0 Å². The Morgan fingerprint density at radius 1 is 1.47 bits per heavy atom. The molecule has 0 unspecified atom stereocenters. The van der Waals surface area contributed by atoms with Crippen LogP contribution < -0.4 is 5.32 Å². The zero-order valence-corrected chi connectivity index (χ0v) is 10.8. The van der Waals surface area contributed by atoms with Crippen molar-refractivity contribution in [3.8, 4) is 0 Å². The van der Waals surface area contributed by atoms with Gasteiger partial charge in [-0.3, -0.25) is 4.90 Å². The van der Waals surface area contributed by atoms with Crippen molar-refractivity contribution in [2.45, 2.75) is 33.4 Å². The molecule has 3 heteroatoms. The van der Waals surface area contributed by atoms with Crippen LogP contribution in [0.5, 0.6) is 0 Å². The van der Waals surface area contributed by atoms with Crippen LogP contribution in [-0.2, 0) is 6.54 Å². The van der Waals surface area contributed by atoms with Crippen LogP contribution in [0.3, 0.4) is 0 Å². The summed E-state index contributed by atoms with van der Waals surface area (Å²) in [5, 5.41) is 7.80. The normalized spacial score (nSPS) is 11.5. The minimum Gasteiger partial charge on any atom is -0.311 e. The highest BCUT2D eigenvalue weighted by molar-refractivity contribution is 7.07. The first-order valence-corrected chi connectivity index (χ1v) is 6.64. The summed E-state index contributed by atoms with van der Waals surface area (Å²) in [4.78, 5) is 2.47. The van der Waals surface area contributed by atoms with Gasteiger partial charge in [-0.1, -0.05) is 6.92 Å². The lowest BCUT2D eigenvalue weighted by Gasteiger charge is -2.24. The molecule has 0 fully saturated rings. The predicted molar refractivity (Wildman–Crippen MR) is 68.4 cm³/mol. The van der Waals surface area contributed by atoms with Crippen molar-refractivity contribution in [3.05, 3.63) is 22.4 Å². The predicted octanol–water partition coefficient (Wildman–Crippen LogP) is 2.57. The van der Waals surface area contributed by atoms with Crippen LogP contribution in [0.15, 0.2) is 16.8 Å². The van der Waals surface area contributed by atoms with Gasteiger partial charge in [-0.25, -0.2) is 0 Å². The van der Waals surface area contributed by atoms with Gasteiger partial charge in [0.05, 0.1) is 0 Å². The lowest BCUT2D eigenvalue weighted by Crippen LogP contribution is -2.36. The van der Waals surface area contributed by atoms with Crippen LogP contribution >= 0.6 is 11.3 Å². The highest BCUT2D eigenvalue weighted by atomic mass is 32.1. The second kappa shape index (κ2) is 6.99. The third-order valence-electron chi connectivity index (χ3n) is 2.62. The van der Waals surface area contributed by atoms with E-state index in [0.29, 0.717) is 6.04 Å². The van der Waals surface area contributed by atoms with Crippen molar-refractivity contribution in [2.75, 3.05) is 19.6 Å². The number of nitrogens with one attached hydrogen (secondary N) is 1. The molecule has 0 atom stereocenters. The van der Waals surface area contributed by atoms with Gasteiger partial charge in [0.2, 0.25) is 0 Å². The van der Waals surface area contributed by atoms with Gasteiger partial charge in [-0.15, -0.1) is 0 Å². The van der Waals surface area contributed by atoms with Crippen molar-refractivity contribution in [3.63, 3.8) is 0 Å². The van der Waals surface area contributed by atoms with Crippen LogP contribution in [0.25, 0.3) is 0 Å². The third-order valence-corrected chi connectivity index (χ3v) is 3.35. The molecule has 1 rings (SSSR count). The van der Waals surface area contributed by atoms with Crippen LogP contribution in [0.4, 0.5) is 0 Å². The van der Waals surface area contributed by atoms with E-state index in [0.717, 1.165) is 26.2 Å². The van der Waals surface area contributed by atoms with Crippen LogP contribution in [0.1, 0.15) is 26.3 Å². The van der Waals surface area contributed by atoms with Crippen LogP contribution in [0.2, 0.25) is 0 Å². The zero-order valence-electron chi connectivity index (χ0n) is 9.99. The average Bonchev–Trinajstić information content (AvgIpc) is 2.70. The van der Waals surface area contributed by atoms with E-state index in [2.05, 4.69) is 47.8 Å². The van der Waals surface area contributed by atoms with E-state index >= 15 is 0 Å². The molecule has 1 N–H and O–H groups in total. The Kier molecular flexibility index (Phi) is 5.91.